The average molecular weight is 439 g/mol. The highest BCUT2D eigenvalue weighted by atomic mass is 79.9. The van der Waals surface area contributed by atoms with Crippen LogP contribution in [-0.4, -0.2) is 23.9 Å². The van der Waals surface area contributed by atoms with Gasteiger partial charge in [-0.2, -0.15) is 4.57 Å². The molecule has 0 saturated carbocycles. The SMILES string of the molecule is CCOC(=O)c1nc2cc3c(cc2cc1-[n+]1ccccc1)OC(F)(F)O3.[Br-]. The normalized spacial score (nSPS) is 13.9. The van der Waals surface area contributed by atoms with E-state index in [9.17, 15) is 13.6 Å². The van der Waals surface area contributed by atoms with Crippen LogP contribution in [0.3, 0.4) is 0 Å². The summed E-state index contributed by atoms with van der Waals surface area (Å²) in [6.07, 6.45) is -0.236. The summed E-state index contributed by atoms with van der Waals surface area (Å²) in [5.74, 6) is -0.828. The van der Waals surface area contributed by atoms with Crippen molar-refractivity contribution < 1.29 is 49.3 Å². The van der Waals surface area contributed by atoms with E-state index in [0.717, 1.165) is 0 Å². The monoisotopic (exact) mass is 438 g/mol. The minimum Gasteiger partial charge on any atom is -1.00 e. The summed E-state index contributed by atoms with van der Waals surface area (Å²) in [5.41, 5.74) is 0.844. The van der Waals surface area contributed by atoms with Crippen molar-refractivity contribution >= 4 is 16.9 Å². The molecule has 0 aliphatic carbocycles. The molecule has 3 heterocycles. The quantitative estimate of drug-likeness (QED) is 0.426. The minimum absolute atomic E-state index is 0. The second kappa shape index (κ2) is 7.07. The number of rotatable bonds is 3. The fraction of sp³-hybridized carbons (Fsp3) is 0.167. The Labute approximate surface area is 163 Å². The van der Waals surface area contributed by atoms with Crippen LogP contribution in [0.4, 0.5) is 8.78 Å². The van der Waals surface area contributed by atoms with Crippen LogP contribution in [0.2, 0.25) is 0 Å². The predicted octanol–water partition coefficient (Wildman–Crippen LogP) is 0.0137. The number of carbonyl (C=O) groups is 1. The van der Waals surface area contributed by atoms with E-state index in [-0.39, 0.29) is 40.8 Å². The Bertz CT molecular complexity index is 1020. The minimum atomic E-state index is -3.72. The molecule has 0 saturated heterocycles. The van der Waals surface area contributed by atoms with Gasteiger partial charge in [-0.15, -0.1) is 8.78 Å². The van der Waals surface area contributed by atoms with Crippen molar-refractivity contribution in [1.29, 1.82) is 0 Å². The van der Waals surface area contributed by atoms with Gasteiger partial charge in [0.2, 0.25) is 11.4 Å². The number of halogens is 3. The van der Waals surface area contributed by atoms with Gasteiger partial charge in [0.1, 0.15) is 0 Å². The first-order valence-corrected chi connectivity index (χ1v) is 7.85. The molecule has 0 spiro atoms. The van der Waals surface area contributed by atoms with E-state index >= 15 is 0 Å². The Morgan fingerprint density at radius 2 is 1.81 bits per heavy atom. The van der Waals surface area contributed by atoms with Crippen molar-refractivity contribution in [1.82, 2.24) is 4.98 Å². The number of carbonyl (C=O) groups excluding carboxylic acids is 1. The van der Waals surface area contributed by atoms with Crippen molar-refractivity contribution in [2.45, 2.75) is 13.2 Å². The number of nitrogens with zero attached hydrogens (tertiary/aromatic N) is 2. The lowest BCUT2D eigenvalue weighted by molar-refractivity contribution is -0.596. The van der Waals surface area contributed by atoms with Crippen LogP contribution >= 0.6 is 0 Å². The number of benzene rings is 1. The second-order valence-electron chi connectivity index (χ2n) is 5.52. The molecule has 140 valence electrons. The zero-order valence-corrected chi connectivity index (χ0v) is 15.6. The molecule has 3 aromatic rings. The Kier molecular flexibility index (Phi) is 4.97. The smallest absolute Gasteiger partial charge is 0.586 e. The average Bonchev–Trinajstić information content (AvgIpc) is 2.92. The fourth-order valence-electron chi connectivity index (χ4n) is 2.71. The molecule has 0 unspecified atom stereocenters. The first kappa shape index (κ1) is 19.0. The van der Waals surface area contributed by atoms with E-state index in [1.165, 1.54) is 12.1 Å². The zero-order valence-electron chi connectivity index (χ0n) is 14.0. The largest absolute Gasteiger partial charge is 1.00 e. The van der Waals surface area contributed by atoms with Gasteiger partial charge >= 0.3 is 12.3 Å². The third-order valence-corrected chi connectivity index (χ3v) is 3.78. The number of aromatic nitrogens is 2. The van der Waals surface area contributed by atoms with Crippen molar-refractivity contribution in [2.24, 2.45) is 0 Å². The second-order valence-corrected chi connectivity index (χ2v) is 5.52. The molecule has 0 amide bonds. The summed E-state index contributed by atoms with van der Waals surface area (Å²) in [5, 5.41) is 0.518. The topological polar surface area (TPSA) is 61.5 Å². The van der Waals surface area contributed by atoms with Crippen molar-refractivity contribution in [3.63, 3.8) is 0 Å². The fourth-order valence-corrected chi connectivity index (χ4v) is 2.71. The van der Waals surface area contributed by atoms with Crippen LogP contribution in [0.1, 0.15) is 17.4 Å². The number of hydrogen-bond donors (Lipinski definition) is 0. The van der Waals surface area contributed by atoms with Gasteiger partial charge in [-0.3, -0.25) is 0 Å². The lowest BCUT2D eigenvalue weighted by Gasteiger charge is -2.07. The Morgan fingerprint density at radius 3 is 2.48 bits per heavy atom. The third kappa shape index (κ3) is 3.55. The van der Waals surface area contributed by atoms with Gasteiger partial charge in [-0.1, -0.05) is 6.07 Å². The predicted molar refractivity (Wildman–Crippen MR) is 85.4 cm³/mol. The molecule has 1 aliphatic rings. The molecular formula is C18H13BrF2N2O4. The van der Waals surface area contributed by atoms with Crippen molar-refractivity contribution in [2.75, 3.05) is 6.61 Å². The first-order valence-electron chi connectivity index (χ1n) is 7.85. The van der Waals surface area contributed by atoms with Crippen LogP contribution < -0.4 is 31.0 Å². The van der Waals surface area contributed by atoms with E-state index in [1.807, 2.05) is 6.07 Å². The molecule has 4 rings (SSSR count). The van der Waals surface area contributed by atoms with Crippen LogP contribution in [0.25, 0.3) is 16.6 Å². The van der Waals surface area contributed by atoms with Crippen molar-refractivity contribution in [3.8, 4) is 17.2 Å². The van der Waals surface area contributed by atoms with Crippen LogP contribution in [-0.2, 0) is 4.74 Å². The molecule has 0 fully saturated rings. The van der Waals surface area contributed by atoms with E-state index in [1.54, 1.807) is 42.1 Å². The summed E-state index contributed by atoms with van der Waals surface area (Å²) >= 11 is 0. The van der Waals surface area contributed by atoms with Gasteiger partial charge in [-0.25, -0.2) is 9.78 Å². The van der Waals surface area contributed by atoms with Gasteiger partial charge < -0.3 is 31.2 Å². The lowest BCUT2D eigenvalue weighted by Crippen LogP contribution is -3.00. The van der Waals surface area contributed by atoms with Gasteiger partial charge in [0.05, 0.1) is 12.1 Å². The molecule has 0 bridgehead atoms. The molecule has 0 N–H and O–H groups in total. The molecule has 2 aromatic heterocycles. The van der Waals surface area contributed by atoms with Gasteiger partial charge in [0, 0.05) is 29.7 Å². The number of hydrogen-bond acceptors (Lipinski definition) is 5. The van der Waals surface area contributed by atoms with E-state index in [2.05, 4.69) is 14.5 Å². The Hall–Kier alpha value is -2.81. The third-order valence-electron chi connectivity index (χ3n) is 3.78. The summed E-state index contributed by atoms with van der Waals surface area (Å²) < 4.78 is 42.3. The number of pyridine rings is 2. The Balaban J connectivity index is 0.00000210. The number of ether oxygens (including phenoxy) is 3. The van der Waals surface area contributed by atoms with Crippen LogP contribution in [0.15, 0.2) is 48.8 Å². The summed E-state index contributed by atoms with van der Waals surface area (Å²) in [4.78, 5) is 16.7. The lowest BCUT2D eigenvalue weighted by atomic mass is 10.1. The maximum Gasteiger partial charge on any atom is 0.586 e. The van der Waals surface area contributed by atoms with Crippen molar-refractivity contribution in [3.05, 3.63) is 54.5 Å². The van der Waals surface area contributed by atoms with Gasteiger partial charge in [0.25, 0.3) is 0 Å². The van der Waals surface area contributed by atoms with Crippen LogP contribution in [0, 0.1) is 0 Å². The number of alkyl halides is 2. The number of fused-ring (bicyclic) bond motifs is 2. The number of esters is 1. The summed E-state index contributed by atoms with van der Waals surface area (Å²) in [6.45, 7) is 1.87. The molecule has 6 nitrogen and oxygen atoms in total. The highest BCUT2D eigenvalue weighted by Crippen LogP contribution is 2.43. The van der Waals surface area contributed by atoms with Gasteiger partial charge in [0.15, 0.2) is 23.9 Å². The molecular weight excluding hydrogens is 426 g/mol. The molecule has 27 heavy (non-hydrogen) atoms. The standard InChI is InChI=1S/C18H13F2N2O4.BrH/c1-2-24-17(23)16-13(22-6-4-3-5-7-22)8-11-9-14-15(10-12(11)21-16)26-18(19,20)25-14;/h3-10H,2H2,1H3;1H/q+1;/p-1. The first-order chi connectivity index (χ1) is 12.5. The molecule has 0 atom stereocenters. The Morgan fingerprint density at radius 1 is 1.15 bits per heavy atom. The van der Waals surface area contributed by atoms with E-state index in [4.69, 9.17) is 4.74 Å². The summed E-state index contributed by atoms with van der Waals surface area (Å²) in [7, 11) is 0. The molecule has 0 radical (unpaired) electrons. The highest BCUT2D eigenvalue weighted by Gasteiger charge is 2.43. The van der Waals surface area contributed by atoms with Gasteiger partial charge in [-0.05, 0) is 13.0 Å². The molecule has 1 aromatic carbocycles. The molecule has 1 aliphatic heterocycles. The highest BCUT2D eigenvalue weighted by molar-refractivity contribution is 5.95. The molecule has 9 heteroatoms. The summed E-state index contributed by atoms with van der Waals surface area (Å²) in [6, 6.07) is 9.79. The maximum atomic E-state index is 13.3. The van der Waals surface area contributed by atoms with E-state index in [0.29, 0.717) is 16.6 Å². The van der Waals surface area contributed by atoms with E-state index < -0.39 is 12.3 Å². The zero-order chi connectivity index (χ0) is 18.3. The van der Waals surface area contributed by atoms with Crippen LogP contribution in [0.5, 0.6) is 11.5 Å². The maximum absolute atomic E-state index is 13.3.